The van der Waals surface area contributed by atoms with E-state index in [0.717, 1.165) is 51.4 Å². The summed E-state index contributed by atoms with van der Waals surface area (Å²) in [6.07, 6.45) is 116. The Labute approximate surface area is 614 Å². The lowest BCUT2D eigenvalue weighted by molar-refractivity contribution is -0.143. The molecule has 1 amide bonds. The van der Waals surface area contributed by atoms with Crippen LogP contribution in [-0.2, 0) is 14.3 Å². The Morgan fingerprint density at radius 2 is 0.510 bits per heavy atom. The molecular formula is C92H177NO5. The summed E-state index contributed by atoms with van der Waals surface area (Å²) in [5, 5.41) is 23.3. The van der Waals surface area contributed by atoms with Crippen LogP contribution >= 0.6 is 0 Å². The highest BCUT2D eigenvalue weighted by Gasteiger charge is 2.18. The van der Waals surface area contributed by atoms with Crippen molar-refractivity contribution in [3.63, 3.8) is 0 Å². The summed E-state index contributed by atoms with van der Waals surface area (Å²) < 4.78 is 5.52. The molecule has 98 heavy (non-hydrogen) atoms. The molecule has 0 heterocycles. The van der Waals surface area contributed by atoms with Gasteiger partial charge >= 0.3 is 5.97 Å². The lowest BCUT2D eigenvalue weighted by atomic mass is 10.0. The molecule has 580 valence electrons. The molecule has 0 saturated carbocycles. The number of allylic oxidation sites excluding steroid dienone is 5. The van der Waals surface area contributed by atoms with Crippen LogP contribution in [0.15, 0.2) is 36.5 Å². The number of carbonyl (C=O) groups is 2. The van der Waals surface area contributed by atoms with E-state index in [1.807, 2.05) is 6.08 Å². The first-order valence-electron chi connectivity index (χ1n) is 45.3. The van der Waals surface area contributed by atoms with Gasteiger partial charge in [-0.3, -0.25) is 9.59 Å². The SMILES string of the molecule is CCCCCC/C=C\C/C=C\CCCCCCCCCC(=O)OCCCCCCCCCCCCCCCCCCCCCCCCCCCCCCCCCCCCCCCCCC(=O)NC(CO)C(O)/C=C/CCCCCCCCCCCCCCCCCCCCCCCC. The monoisotopic (exact) mass is 1380 g/mol. The minimum atomic E-state index is -0.842. The van der Waals surface area contributed by atoms with Crippen LogP contribution in [0, 0.1) is 0 Å². The third-order valence-corrected chi connectivity index (χ3v) is 21.4. The van der Waals surface area contributed by atoms with E-state index in [-0.39, 0.29) is 18.5 Å². The van der Waals surface area contributed by atoms with Gasteiger partial charge in [0, 0.05) is 12.8 Å². The lowest BCUT2D eigenvalue weighted by Gasteiger charge is -2.20. The van der Waals surface area contributed by atoms with Crippen molar-refractivity contribution in [1.29, 1.82) is 0 Å². The Morgan fingerprint density at radius 1 is 0.286 bits per heavy atom. The van der Waals surface area contributed by atoms with E-state index in [9.17, 15) is 19.8 Å². The zero-order chi connectivity index (χ0) is 70.5. The second-order valence-corrected chi connectivity index (χ2v) is 31.3. The minimum absolute atomic E-state index is 0.0175. The maximum atomic E-state index is 12.6. The lowest BCUT2D eigenvalue weighted by Crippen LogP contribution is -2.45. The number of carbonyl (C=O) groups excluding carboxylic acids is 2. The summed E-state index contributed by atoms with van der Waals surface area (Å²) in [6.45, 7) is 4.95. The highest BCUT2D eigenvalue weighted by atomic mass is 16.5. The van der Waals surface area contributed by atoms with Crippen LogP contribution in [0.4, 0.5) is 0 Å². The van der Waals surface area contributed by atoms with Gasteiger partial charge in [0.25, 0.3) is 0 Å². The number of aliphatic hydroxyl groups is 2. The summed E-state index contributed by atoms with van der Waals surface area (Å²) in [5.74, 6) is -0.0385. The molecule has 2 unspecified atom stereocenters. The number of hydrogen-bond acceptors (Lipinski definition) is 5. The molecule has 0 aliphatic rings. The Kier molecular flexibility index (Phi) is 85.8. The van der Waals surface area contributed by atoms with Crippen molar-refractivity contribution < 1.29 is 24.5 Å². The van der Waals surface area contributed by atoms with Gasteiger partial charge in [0.1, 0.15) is 0 Å². The van der Waals surface area contributed by atoms with E-state index in [1.54, 1.807) is 6.08 Å². The predicted octanol–water partition coefficient (Wildman–Crippen LogP) is 30.5. The molecule has 3 N–H and O–H groups in total. The number of hydrogen-bond donors (Lipinski definition) is 3. The number of amides is 1. The van der Waals surface area contributed by atoms with Gasteiger partial charge in [-0.25, -0.2) is 0 Å². The fourth-order valence-corrected chi connectivity index (χ4v) is 14.6. The molecule has 6 heteroatoms. The Hall–Kier alpha value is -1.92. The van der Waals surface area contributed by atoms with E-state index < -0.39 is 12.1 Å². The zero-order valence-corrected chi connectivity index (χ0v) is 66.8. The fourth-order valence-electron chi connectivity index (χ4n) is 14.6. The molecule has 0 aliphatic heterocycles. The fraction of sp³-hybridized carbons (Fsp3) is 0.913. The molecule has 0 rings (SSSR count). The molecule has 0 aromatic rings. The van der Waals surface area contributed by atoms with Crippen molar-refractivity contribution in [1.82, 2.24) is 5.32 Å². The number of aliphatic hydroxyl groups excluding tert-OH is 2. The summed E-state index contributed by atoms with van der Waals surface area (Å²) in [4.78, 5) is 24.7. The standard InChI is InChI=1S/C92H177NO5/c1-3-5-7-9-11-13-15-17-19-21-23-24-25-43-46-49-52-56-60-64-68-72-76-80-84-90(95)89(88-94)93-91(96)85-81-77-73-69-65-61-57-53-50-47-44-41-39-37-35-33-31-29-27-26-28-30-32-34-36-38-40-42-45-48-51-55-59-63-67-71-75-79-83-87-98-92(97)86-82-78-74-70-66-62-58-54-22-20-18-16-14-12-10-8-6-4-2/h14,16,20,22,80,84,89-90,94-95H,3-13,15,17-19,21,23-79,81-83,85-88H2,1-2H3,(H,93,96)/b16-14-,22-20-,84-80+. The molecule has 0 radical (unpaired) electrons. The third-order valence-electron chi connectivity index (χ3n) is 21.4. The number of esters is 1. The van der Waals surface area contributed by atoms with Crippen LogP contribution in [0.5, 0.6) is 0 Å². The maximum absolute atomic E-state index is 12.6. The highest BCUT2D eigenvalue weighted by molar-refractivity contribution is 5.76. The molecule has 0 aromatic heterocycles. The molecule has 0 bridgehead atoms. The predicted molar refractivity (Wildman–Crippen MR) is 435 cm³/mol. The first kappa shape index (κ1) is 96.1. The number of rotatable bonds is 86. The van der Waals surface area contributed by atoms with E-state index in [1.165, 1.54) is 437 Å². The van der Waals surface area contributed by atoms with E-state index in [0.29, 0.717) is 19.4 Å². The van der Waals surface area contributed by atoms with E-state index in [4.69, 9.17) is 4.74 Å². The molecular weight excluding hydrogens is 1200 g/mol. The van der Waals surface area contributed by atoms with Crippen LogP contribution in [0.1, 0.15) is 515 Å². The van der Waals surface area contributed by atoms with Crippen molar-refractivity contribution in [2.45, 2.75) is 527 Å². The Balaban J connectivity index is 3.32. The molecule has 0 aromatic carbocycles. The topological polar surface area (TPSA) is 95.9 Å². The molecule has 0 fully saturated rings. The average molecular weight is 1380 g/mol. The van der Waals surface area contributed by atoms with E-state index >= 15 is 0 Å². The Bertz CT molecular complexity index is 1590. The van der Waals surface area contributed by atoms with Crippen molar-refractivity contribution in [3.8, 4) is 0 Å². The summed E-state index contributed by atoms with van der Waals surface area (Å²) in [7, 11) is 0. The van der Waals surface area contributed by atoms with E-state index in [2.05, 4.69) is 43.5 Å². The highest BCUT2D eigenvalue weighted by Crippen LogP contribution is 2.21. The summed E-state index contributed by atoms with van der Waals surface area (Å²) in [6, 6.07) is -0.625. The van der Waals surface area contributed by atoms with Crippen LogP contribution in [0.2, 0.25) is 0 Å². The first-order valence-corrected chi connectivity index (χ1v) is 45.3. The van der Waals surface area contributed by atoms with Crippen molar-refractivity contribution in [2.24, 2.45) is 0 Å². The normalized spacial score (nSPS) is 12.6. The van der Waals surface area contributed by atoms with Gasteiger partial charge in [-0.2, -0.15) is 0 Å². The van der Waals surface area contributed by atoms with Crippen LogP contribution in [0.3, 0.4) is 0 Å². The van der Waals surface area contributed by atoms with Gasteiger partial charge in [0.05, 0.1) is 25.4 Å². The van der Waals surface area contributed by atoms with Gasteiger partial charge in [-0.1, -0.05) is 474 Å². The minimum Gasteiger partial charge on any atom is -0.466 e. The molecule has 0 spiro atoms. The van der Waals surface area contributed by atoms with Gasteiger partial charge in [0.15, 0.2) is 0 Å². The molecule has 6 nitrogen and oxygen atoms in total. The quantitative estimate of drug-likeness (QED) is 0.0320. The number of nitrogens with one attached hydrogen (secondary N) is 1. The van der Waals surface area contributed by atoms with Gasteiger partial charge < -0.3 is 20.3 Å². The molecule has 2 atom stereocenters. The molecule has 0 saturated heterocycles. The number of unbranched alkanes of at least 4 members (excludes halogenated alkanes) is 71. The molecule has 0 aliphatic carbocycles. The summed E-state index contributed by atoms with van der Waals surface area (Å²) >= 11 is 0. The largest absolute Gasteiger partial charge is 0.466 e. The van der Waals surface area contributed by atoms with Gasteiger partial charge in [-0.05, 0) is 64.2 Å². The van der Waals surface area contributed by atoms with Crippen molar-refractivity contribution >= 4 is 11.9 Å². The summed E-state index contributed by atoms with van der Waals surface area (Å²) in [5.41, 5.74) is 0. The Morgan fingerprint density at radius 3 is 0.786 bits per heavy atom. The van der Waals surface area contributed by atoms with Crippen molar-refractivity contribution in [3.05, 3.63) is 36.5 Å². The van der Waals surface area contributed by atoms with Crippen molar-refractivity contribution in [2.75, 3.05) is 13.2 Å². The maximum Gasteiger partial charge on any atom is 0.305 e. The van der Waals surface area contributed by atoms with Crippen LogP contribution in [-0.4, -0.2) is 47.4 Å². The van der Waals surface area contributed by atoms with Gasteiger partial charge in [0.2, 0.25) is 5.91 Å². The average Bonchev–Trinajstić information content (AvgIpc) is 1.88. The van der Waals surface area contributed by atoms with Crippen LogP contribution < -0.4 is 5.32 Å². The number of ether oxygens (including phenoxy) is 1. The van der Waals surface area contributed by atoms with Gasteiger partial charge in [-0.15, -0.1) is 0 Å². The second-order valence-electron chi connectivity index (χ2n) is 31.3. The second kappa shape index (κ2) is 87.5. The van der Waals surface area contributed by atoms with Crippen LogP contribution in [0.25, 0.3) is 0 Å². The zero-order valence-electron chi connectivity index (χ0n) is 66.8. The first-order chi connectivity index (χ1) is 48.5. The smallest absolute Gasteiger partial charge is 0.305 e. The third kappa shape index (κ3) is 83.0.